The van der Waals surface area contributed by atoms with Gasteiger partial charge in [0.15, 0.2) is 11.9 Å². The molecule has 0 heterocycles. The van der Waals surface area contributed by atoms with Crippen LogP contribution in [-0.2, 0) is 4.79 Å². The van der Waals surface area contributed by atoms with Gasteiger partial charge in [0.1, 0.15) is 6.29 Å². The Kier molecular flexibility index (Phi) is 6.12. The van der Waals surface area contributed by atoms with Gasteiger partial charge >= 0.3 is 5.69 Å². The molecular weight excluding hydrogens is 324 g/mol. The van der Waals surface area contributed by atoms with E-state index in [1.165, 1.54) is 12.1 Å². The van der Waals surface area contributed by atoms with E-state index in [2.05, 4.69) is 19.2 Å². The molecular formula is C18H24N2O5. The molecule has 0 unspecified atom stereocenters. The number of ether oxygens (including phenoxy) is 1. The molecule has 0 aliphatic heterocycles. The minimum atomic E-state index is -0.870. The first-order valence-corrected chi connectivity index (χ1v) is 8.54. The van der Waals surface area contributed by atoms with Gasteiger partial charge < -0.3 is 10.1 Å². The summed E-state index contributed by atoms with van der Waals surface area (Å²) < 4.78 is 5.50. The number of nitro benzene ring substituents is 1. The van der Waals surface area contributed by atoms with E-state index in [1.807, 2.05) is 0 Å². The van der Waals surface area contributed by atoms with Crippen LogP contribution in [0.15, 0.2) is 18.2 Å². The zero-order valence-electron chi connectivity index (χ0n) is 14.7. The first-order chi connectivity index (χ1) is 11.8. The molecule has 1 aliphatic carbocycles. The maximum atomic E-state index is 12.4. The molecule has 7 heteroatoms. The quantitative estimate of drug-likeness (QED) is 0.484. The number of hydrogen-bond acceptors (Lipinski definition) is 5. The minimum absolute atomic E-state index is 0.0247. The second-order valence-electron chi connectivity index (χ2n) is 6.74. The van der Waals surface area contributed by atoms with E-state index in [-0.39, 0.29) is 28.9 Å². The standard InChI is InChI=1S/C18H24N2O5/c1-11-5-4-6-15(12(11)2)19-18(22)13(3)25-17-8-7-14(10-21)9-16(17)20(23)24/h7-13,15H,4-6H2,1-3H3,(H,19,22)/t11-,12-,13-,15+/m1/s1. The fourth-order valence-corrected chi connectivity index (χ4v) is 3.18. The van der Waals surface area contributed by atoms with Crippen LogP contribution in [-0.4, -0.2) is 29.3 Å². The van der Waals surface area contributed by atoms with Gasteiger partial charge in [0.2, 0.25) is 0 Å². The van der Waals surface area contributed by atoms with E-state index in [1.54, 1.807) is 6.92 Å². The third kappa shape index (κ3) is 4.55. The normalized spacial score (nSPS) is 24.2. The number of hydrogen-bond donors (Lipinski definition) is 1. The fraction of sp³-hybridized carbons (Fsp3) is 0.556. The van der Waals surface area contributed by atoms with Crippen LogP contribution in [0.5, 0.6) is 5.75 Å². The number of nitrogens with one attached hydrogen (secondary N) is 1. The SMILES string of the molecule is C[C@@H]1[C@H](C)CCC[C@@H]1NC(=O)[C@@H](C)Oc1ccc(C=O)cc1[N+](=O)[O-]. The van der Waals surface area contributed by atoms with E-state index in [0.717, 1.165) is 25.3 Å². The van der Waals surface area contributed by atoms with Crippen molar-refractivity contribution in [3.63, 3.8) is 0 Å². The predicted octanol–water partition coefficient (Wildman–Crippen LogP) is 3.12. The minimum Gasteiger partial charge on any atom is -0.474 e. The van der Waals surface area contributed by atoms with Gasteiger partial charge in [0.25, 0.3) is 5.91 Å². The molecule has 1 amide bonds. The second kappa shape index (κ2) is 8.09. The molecule has 2 rings (SSSR count). The van der Waals surface area contributed by atoms with Crippen LogP contribution in [0.25, 0.3) is 0 Å². The maximum absolute atomic E-state index is 12.4. The molecule has 1 fully saturated rings. The number of carbonyl (C=O) groups is 2. The van der Waals surface area contributed by atoms with Crippen LogP contribution in [0.3, 0.4) is 0 Å². The molecule has 0 radical (unpaired) electrons. The first kappa shape index (κ1) is 18.9. The van der Waals surface area contributed by atoms with Gasteiger partial charge in [-0.15, -0.1) is 0 Å². The average molecular weight is 348 g/mol. The van der Waals surface area contributed by atoms with Crippen molar-refractivity contribution in [2.45, 2.75) is 52.2 Å². The van der Waals surface area contributed by atoms with Gasteiger partial charge in [-0.1, -0.05) is 26.7 Å². The number of aldehydes is 1. The molecule has 1 aromatic carbocycles. The lowest BCUT2D eigenvalue weighted by Crippen LogP contribution is -2.48. The fourth-order valence-electron chi connectivity index (χ4n) is 3.18. The molecule has 1 aliphatic rings. The van der Waals surface area contributed by atoms with Crippen LogP contribution >= 0.6 is 0 Å². The number of rotatable bonds is 6. The molecule has 1 saturated carbocycles. The Morgan fingerprint density at radius 2 is 2.12 bits per heavy atom. The number of benzene rings is 1. The van der Waals surface area contributed by atoms with Gasteiger partial charge in [-0.3, -0.25) is 19.7 Å². The van der Waals surface area contributed by atoms with Gasteiger partial charge in [0, 0.05) is 17.7 Å². The lowest BCUT2D eigenvalue weighted by Gasteiger charge is -2.35. The average Bonchev–Trinajstić information content (AvgIpc) is 2.59. The van der Waals surface area contributed by atoms with Crippen molar-refractivity contribution in [2.24, 2.45) is 11.8 Å². The Hall–Kier alpha value is -2.44. The first-order valence-electron chi connectivity index (χ1n) is 8.54. The summed E-state index contributed by atoms with van der Waals surface area (Å²) in [5.74, 6) is 0.612. The molecule has 0 bridgehead atoms. The van der Waals surface area contributed by atoms with Crippen molar-refractivity contribution in [2.75, 3.05) is 0 Å². The highest BCUT2D eigenvalue weighted by molar-refractivity contribution is 5.81. The monoisotopic (exact) mass is 348 g/mol. The molecule has 4 atom stereocenters. The lowest BCUT2D eigenvalue weighted by molar-refractivity contribution is -0.386. The predicted molar refractivity (Wildman–Crippen MR) is 92.7 cm³/mol. The lowest BCUT2D eigenvalue weighted by atomic mass is 9.78. The van der Waals surface area contributed by atoms with Gasteiger partial charge in [-0.25, -0.2) is 0 Å². The van der Waals surface area contributed by atoms with E-state index in [9.17, 15) is 19.7 Å². The highest BCUT2D eigenvalue weighted by atomic mass is 16.6. The summed E-state index contributed by atoms with van der Waals surface area (Å²) in [4.78, 5) is 33.7. The summed E-state index contributed by atoms with van der Waals surface area (Å²) in [7, 11) is 0. The van der Waals surface area contributed by atoms with Crippen molar-refractivity contribution < 1.29 is 19.2 Å². The van der Waals surface area contributed by atoms with Gasteiger partial charge in [0.05, 0.1) is 4.92 Å². The van der Waals surface area contributed by atoms with Crippen molar-refractivity contribution in [1.29, 1.82) is 0 Å². The Labute approximate surface area is 146 Å². The van der Waals surface area contributed by atoms with Crippen molar-refractivity contribution >= 4 is 17.9 Å². The Morgan fingerprint density at radius 1 is 1.40 bits per heavy atom. The summed E-state index contributed by atoms with van der Waals surface area (Å²) in [6, 6.07) is 3.99. The van der Waals surface area contributed by atoms with E-state index in [0.29, 0.717) is 18.1 Å². The topological polar surface area (TPSA) is 98.5 Å². The number of amides is 1. The molecule has 136 valence electrons. The Morgan fingerprint density at radius 3 is 2.76 bits per heavy atom. The Bertz CT molecular complexity index is 661. The summed E-state index contributed by atoms with van der Waals surface area (Å²) in [6.45, 7) is 5.87. The molecule has 25 heavy (non-hydrogen) atoms. The van der Waals surface area contributed by atoms with E-state index in [4.69, 9.17) is 4.74 Å². The van der Waals surface area contributed by atoms with Crippen LogP contribution in [0.1, 0.15) is 50.4 Å². The van der Waals surface area contributed by atoms with Gasteiger partial charge in [-0.05, 0) is 37.3 Å². The van der Waals surface area contributed by atoms with Crippen molar-refractivity contribution in [3.05, 3.63) is 33.9 Å². The molecule has 0 aromatic heterocycles. The summed E-state index contributed by atoms with van der Waals surface area (Å²) in [6.07, 6.45) is 2.82. The zero-order chi connectivity index (χ0) is 18.6. The maximum Gasteiger partial charge on any atom is 0.311 e. The smallest absolute Gasteiger partial charge is 0.311 e. The number of nitro groups is 1. The van der Waals surface area contributed by atoms with Gasteiger partial charge in [-0.2, -0.15) is 0 Å². The van der Waals surface area contributed by atoms with Crippen molar-refractivity contribution in [3.8, 4) is 5.75 Å². The molecule has 7 nitrogen and oxygen atoms in total. The van der Waals surface area contributed by atoms with Crippen LogP contribution < -0.4 is 10.1 Å². The second-order valence-corrected chi connectivity index (χ2v) is 6.74. The number of nitrogens with zero attached hydrogens (tertiary/aromatic N) is 1. The summed E-state index contributed by atoms with van der Waals surface area (Å²) in [5.41, 5.74) is -0.148. The highest BCUT2D eigenvalue weighted by Gasteiger charge is 2.30. The van der Waals surface area contributed by atoms with Crippen LogP contribution in [0.2, 0.25) is 0 Å². The Balaban J connectivity index is 2.06. The van der Waals surface area contributed by atoms with E-state index >= 15 is 0 Å². The molecule has 0 spiro atoms. The summed E-state index contributed by atoms with van der Waals surface area (Å²) >= 11 is 0. The molecule has 1 N–H and O–H groups in total. The largest absolute Gasteiger partial charge is 0.474 e. The van der Waals surface area contributed by atoms with Crippen LogP contribution in [0.4, 0.5) is 5.69 Å². The highest BCUT2D eigenvalue weighted by Crippen LogP contribution is 2.30. The third-order valence-corrected chi connectivity index (χ3v) is 5.02. The van der Waals surface area contributed by atoms with E-state index < -0.39 is 11.0 Å². The van der Waals surface area contributed by atoms with Crippen LogP contribution in [0, 0.1) is 22.0 Å². The zero-order valence-corrected chi connectivity index (χ0v) is 14.7. The molecule has 0 saturated heterocycles. The molecule has 1 aromatic rings. The number of carbonyl (C=O) groups excluding carboxylic acids is 2. The third-order valence-electron chi connectivity index (χ3n) is 5.02. The van der Waals surface area contributed by atoms with Crippen molar-refractivity contribution in [1.82, 2.24) is 5.32 Å². The summed E-state index contributed by atoms with van der Waals surface area (Å²) in [5, 5.41) is 14.1.